The lowest BCUT2D eigenvalue weighted by molar-refractivity contribution is 0.0290. The van der Waals surface area contributed by atoms with Gasteiger partial charge in [-0.15, -0.1) is 0 Å². The maximum Gasteiger partial charge on any atom is 0.118 e. The van der Waals surface area contributed by atoms with Gasteiger partial charge in [-0.05, 0) is 48.2 Å². The first-order valence-corrected chi connectivity index (χ1v) is 8.88. The molecule has 0 aliphatic carbocycles. The van der Waals surface area contributed by atoms with Gasteiger partial charge in [0.25, 0.3) is 0 Å². The van der Waals surface area contributed by atoms with Crippen molar-refractivity contribution >= 4 is 0 Å². The second kappa shape index (κ2) is 7.89. The largest absolute Gasteiger partial charge is 0.497 e. The smallest absolute Gasteiger partial charge is 0.118 e. The van der Waals surface area contributed by atoms with E-state index >= 15 is 0 Å². The molecule has 4 nitrogen and oxygen atoms in total. The molecule has 25 heavy (non-hydrogen) atoms. The molecule has 3 rings (SSSR count). The van der Waals surface area contributed by atoms with Crippen LogP contribution in [-0.2, 0) is 0 Å². The summed E-state index contributed by atoms with van der Waals surface area (Å²) in [6.45, 7) is 2.14. The Labute approximate surface area is 149 Å². The predicted molar refractivity (Wildman–Crippen MR) is 99.0 cm³/mol. The lowest BCUT2D eigenvalue weighted by Crippen LogP contribution is -2.44. The second-order valence-electron chi connectivity index (χ2n) is 6.62. The van der Waals surface area contributed by atoms with Gasteiger partial charge < -0.3 is 19.9 Å². The summed E-state index contributed by atoms with van der Waals surface area (Å²) in [5, 5.41) is 14.5. The maximum atomic E-state index is 10.7. The number of nitrogens with one attached hydrogen (secondary N) is 1. The molecule has 2 aromatic rings. The molecule has 1 heterocycles. The molecule has 0 aromatic heterocycles. The van der Waals surface area contributed by atoms with Gasteiger partial charge in [-0.1, -0.05) is 31.2 Å². The van der Waals surface area contributed by atoms with Gasteiger partial charge in [0, 0.05) is 18.0 Å². The van der Waals surface area contributed by atoms with E-state index < -0.39 is 0 Å². The normalized spacial score (nSPS) is 26.2. The molecule has 0 unspecified atom stereocenters. The number of benzene rings is 2. The summed E-state index contributed by atoms with van der Waals surface area (Å²) >= 11 is 0. The molecule has 0 radical (unpaired) electrons. The number of hydrogen-bond acceptors (Lipinski definition) is 4. The molecule has 0 saturated carbocycles. The highest BCUT2D eigenvalue weighted by Gasteiger charge is 2.36. The minimum atomic E-state index is -0.328. The molecule has 4 heteroatoms. The molecular formula is C21H27NO3. The molecule has 4 atom stereocenters. The van der Waals surface area contributed by atoms with Crippen molar-refractivity contribution in [1.29, 1.82) is 0 Å². The zero-order valence-corrected chi connectivity index (χ0v) is 15.1. The van der Waals surface area contributed by atoms with Crippen molar-refractivity contribution in [3.05, 3.63) is 59.7 Å². The standard InChI is InChI=1S/C21H27NO3/c1-4-18-20(23)13-19(14-5-9-16(24-2)10-6-14)22-21(18)15-7-11-17(25-3)12-8-15/h5-12,18-23H,4,13H2,1-3H3/t18-,19-,20-,21+/m1/s1. The minimum Gasteiger partial charge on any atom is -0.497 e. The van der Waals surface area contributed by atoms with Crippen LogP contribution < -0.4 is 14.8 Å². The fourth-order valence-electron chi connectivity index (χ4n) is 3.78. The van der Waals surface area contributed by atoms with E-state index in [-0.39, 0.29) is 24.1 Å². The highest BCUT2D eigenvalue weighted by atomic mass is 16.5. The zero-order chi connectivity index (χ0) is 17.8. The maximum absolute atomic E-state index is 10.7. The van der Waals surface area contributed by atoms with Gasteiger partial charge >= 0.3 is 0 Å². The first kappa shape index (κ1) is 17.8. The van der Waals surface area contributed by atoms with Crippen LogP contribution in [0.25, 0.3) is 0 Å². The van der Waals surface area contributed by atoms with Crippen LogP contribution in [0.2, 0.25) is 0 Å². The van der Waals surface area contributed by atoms with Crippen LogP contribution in [0, 0.1) is 5.92 Å². The molecule has 1 aliphatic rings. The highest BCUT2D eigenvalue weighted by molar-refractivity contribution is 5.33. The number of aliphatic hydroxyl groups excluding tert-OH is 1. The molecule has 0 spiro atoms. The average molecular weight is 341 g/mol. The van der Waals surface area contributed by atoms with Crippen LogP contribution in [0.4, 0.5) is 0 Å². The summed E-state index contributed by atoms with van der Waals surface area (Å²) in [4.78, 5) is 0. The van der Waals surface area contributed by atoms with Gasteiger partial charge in [-0.2, -0.15) is 0 Å². The van der Waals surface area contributed by atoms with Crippen LogP contribution in [0.3, 0.4) is 0 Å². The van der Waals surface area contributed by atoms with Crippen LogP contribution in [0.5, 0.6) is 11.5 Å². The fraction of sp³-hybridized carbons (Fsp3) is 0.429. The monoisotopic (exact) mass is 341 g/mol. The summed E-state index contributed by atoms with van der Waals surface area (Å²) in [5.41, 5.74) is 2.36. The second-order valence-corrected chi connectivity index (χ2v) is 6.62. The first-order valence-electron chi connectivity index (χ1n) is 8.88. The number of hydrogen-bond donors (Lipinski definition) is 2. The van der Waals surface area contributed by atoms with Gasteiger partial charge in [0.1, 0.15) is 11.5 Å². The Hall–Kier alpha value is -2.04. The van der Waals surface area contributed by atoms with E-state index in [0.29, 0.717) is 0 Å². The number of piperidine rings is 1. The van der Waals surface area contributed by atoms with Gasteiger partial charge in [0.15, 0.2) is 0 Å². The summed E-state index contributed by atoms with van der Waals surface area (Å²) in [6.07, 6.45) is 1.32. The van der Waals surface area contributed by atoms with Crippen molar-refractivity contribution < 1.29 is 14.6 Å². The Morgan fingerprint density at radius 1 is 0.920 bits per heavy atom. The van der Waals surface area contributed by atoms with E-state index in [9.17, 15) is 5.11 Å². The number of ether oxygens (including phenoxy) is 2. The Bertz CT molecular complexity index is 669. The molecule has 0 bridgehead atoms. The van der Waals surface area contributed by atoms with Crippen molar-refractivity contribution in [2.24, 2.45) is 5.92 Å². The Kier molecular flexibility index (Phi) is 5.61. The number of aliphatic hydroxyl groups is 1. The van der Waals surface area contributed by atoms with Crippen molar-refractivity contribution in [3.8, 4) is 11.5 Å². The Morgan fingerprint density at radius 2 is 1.44 bits per heavy atom. The predicted octanol–water partition coefficient (Wildman–Crippen LogP) is 3.87. The number of methoxy groups -OCH3 is 2. The highest BCUT2D eigenvalue weighted by Crippen LogP contribution is 2.39. The third-order valence-electron chi connectivity index (χ3n) is 5.24. The molecule has 0 amide bonds. The molecule has 134 valence electrons. The van der Waals surface area contributed by atoms with E-state index in [4.69, 9.17) is 9.47 Å². The van der Waals surface area contributed by atoms with Crippen LogP contribution in [-0.4, -0.2) is 25.4 Å². The molecule has 1 aliphatic heterocycles. The summed E-state index contributed by atoms with van der Waals surface area (Å²) in [7, 11) is 3.34. The molecule has 1 saturated heterocycles. The lowest BCUT2D eigenvalue weighted by atomic mass is 9.78. The van der Waals surface area contributed by atoms with Gasteiger partial charge in [0.2, 0.25) is 0 Å². The van der Waals surface area contributed by atoms with Crippen molar-refractivity contribution in [3.63, 3.8) is 0 Å². The van der Waals surface area contributed by atoms with Gasteiger partial charge in [-0.3, -0.25) is 0 Å². The molecular weight excluding hydrogens is 314 g/mol. The Balaban J connectivity index is 1.85. The molecule has 1 fully saturated rings. The zero-order valence-electron chi connectivity index (χ0n) is 15.1. The summed E-state index contributed by atoms with van der Waals surface area (Å²) in [5.74, 6) is 1.89. The average Bonchev–Trinajstić information content (AvgIpc) is 2.67. The van der Waals surface area contributed by atoms with Crippen molar-refractivity contribution in [1.82, 2.24) is 5.32 Å². The van der Waals surface area contributed by atoms with E-state index in [2.05, 4.69) is 36.5 Å². The van der Waals surface area contributed by atoms with Crippen LogP contribution in [0.1, 0.15) is 43.0 Å². The van der Waals surface area contributed by atoms with Crippen molar-refractivity contribution in [2.75, 3.05) is 14.2 Å². The van der Waals surface area contributed by atoms with E-state index in [0.717, 1.165) is 24.3 Å². The van der Waals surface area contributed by atoms with Crippen LogP contribution in [0.15, 0.2) is 48.5 Å². The van der Waals surface area contributed by atoms with Gasteiger partial charge in [-0.25, -0.2) is 0 Å². The fourth-order valence-corrected chi connectivity index (χ4v) is 3.78. The SMILES string of the molecule is CC[C@@H]1[C@H](O)C[C@H](c2ccc(OC)cc2)N[C@H]1c1ccc(OC)cc1. The lowest BCUT2D eigenvalue weighted by Gasteiger charge is -2.41. The minimum absolute atomic E-state index is 0.117. The van der Waals surface area contributed by atoms with Crippen molar-refractivity contribution in [2.45, 2.75) is 38.0 Å². The quantitative estimate of drug-likeness (QED) is 0.867. The first-order chi connectivity index (χ1) is 12.2. The summed E-state index contributed by atoms with van der Waals surface area (Å²) < 4.78 is 10.5. The van der Waals surface area contributed by atoms with E-state index in [1.54, 1.807) is 14.2 Å². The molecule has 2 N–H and O–H groups in total. The van der Waals surface area contributed by atoms with Gasteiger partial charge in [0.05, 0.1) is 20.3 Å². The van der Waals surface area contributed by atoms with E-state index in [1.165, 1.54) is 11.1 Å². The summed E-state index contributed by atoms with van der Waals surface area (Å²) in [6, 6.07) is 16.4. The third kappa shape index (κ3) is 3.80. The Morgan fingerprint density at radius 3 is 1.92 bits per heavy atom. The molecule has 2 aromatic carbocycles. The van der Waals surface area contributed by atoms with Crippen LogP contribution >= 0.6 is 0 Å². The topological polar surface area (TPSA) is 50.7 Å². The third-order valence-corrected chi connectivity index (χ3v) is 5.24. The number of rotatable bonds is 5. The van der Waals surface area contributed by atoms with E-state index in [1.807, 2.05) is 24.3 Å².